The third-order valence-corrected chi connectivity index (χ3v) is 8.90. The summed E-state index contributed by atoms with van der Waals surface area (Å²) in [6.07, 6.45) is 11.0. The summed E-state index contributed by atoms with van der Waals surface area (Å²) in [6, 6.07) is 0. The summed E-state index contributed by atoms with van der Waals surface area (Å²) >= 11 is 0. The number of carbonyl (C=O) groups excluding carboxylic acids is 1. The highest BCUT2D eigenvalue weighted by atomic mass is 16.8. The Balaban J connectivity index is 1.74. The van der Waals surface area contributed by atoms with Gasteiger partial charge in [-0.1, -0.05) is 19.8 Å². The fourth-order valence-corrected chi connectivity index (χ4v) is 7.61. The molecule has 0 aromatic carbocycles. The van der Waals surface area contributed by atoms with Crippen molar-refractivity contribution in [2.45, 2.75) is 149 Å². The predicted octanol–water partition coefficient (Wildman–Crippen LogP) is 6.40. The maximum absolute atomic E-state index is 11.7. The van der Waals surface area contributed by atoms with E-state index in [2.05, 4.69) is 20.8 Å². The normalized spacial score (nSPS) is 36.4. The van der Waals surface area contributed by atoms with Crippen LogP contribution in [0.5, 0.6) is 0 Å². The highest BCUT2D eigenvalue weighted by Crippen LogP contribution is 2.59. The minimum atomic E-state index is -0.619. The van der Waals surface area contributed by atoms with E-state index in [1.54, 1.807) is 6.92 Å². The predicted molar refractivity (Wildman–Crippen MR) is 131 cm³/mol. The molecule has 0 radical (unpaired) electrons. The van der Waals surface area contributed by atoms with Crippen LogP contribution in [0.3, 0.4) is 0 Å². The minimum Gasteiger partial charge on any atom is -0.462 e. The van der Waals surface area contributed by atoms with Crippen LogP contribution in [-0.4, -0.2) is 40.3 Å². The summed E-state index contributed by atoms with van der Waals surface area (Å²) in [5, 5.41) is 10.3. The number of hydrogen-bond acceptors (Lipinski definition) is 5. The zero-order valence-corrected chi connectivity index (χ0v) is 22.5. The van der Waals surface area contributed by atoms with E-state index in [0.29, 0.717) is 17.8 Å². The summed E-state index contributed by atoms with van der Waals surface area (Å²) in [4.78, 5) is 11.7. The molecule has 0 aromatic rings. The molecule has 1 heterocycles. The van der Waals surface area contributed by atoms with Crippen molar-refractivity contribution < 1.29 is 24.1 Å². The highest BCUT2D eigenvalue weighted by Gasteiger charge is 2.54. The molecule has 2 aliphatic carbocycles. The molecule has 2 saturated carbocycles. The van der Waals surface area contributed by atoms with Crippen LogP contribution in [-0.2, 0) is 19.0 Å². The summed E-state index contributed by atoms with van der Waals surface area (Å²) in [5.74, 6) is 1.01. The molecule has 0 bridgehead atoms. The van der Waals surface area contributed by atoms with Gasteiger partial charge in [-0.3, -0.25) is 4.79 Å². The van der Waals surface area contributed by atoms with Crippen LogP contribution in [0.1, 0.15) is 120 Å². The Kier molecular flexibility index (Phi) is 7.98. The molecule has 3 aliphatic rings. The summed E-state index contributed by atoms with van der Waals surface area (Å²) in [5.41, 5.74) is -0.680. The Hall–Kier alpha value is -0.650. The van der Waals surface area contributed by atoms with E-state index >= 15 is 0 Å². The number of hydrogen-bond donors (Lipinski definition) is 1. The smallest absolute Gasteiger partial charge is 0.302 e. The molecule has 6 atom stereocenters. The maximum atomic E-state index is 11.7. The topological polar surface area (TPSA) is 65.0 Å². The molecule has 3 rings (SSSR count). The van der Waals surface area contributed by atoms with Crippen molar-refractivity contribution in [2.24, 2.45) is 23.2 Å². The average Bonchev–Trinajstić information content (AvgIpc) is 3.09. The van der Waals surface area contributed by atoms with Gasteiger partial charge in [-0.15, -0.1) is 0 Å². The van der Waals surface area contributed by atoms with E-state index in [1.165, 1.54) is 12.8 Å². The van der Waals surface area contributed by atoms with Gasteiger partial charge in [0.1, 0.15) is 6.10 Å². The molecule has 1 saturated heterocycles. The molecule has 0 aromatic heterocycles. The summed E-state index contributed by atoms with van der Waals surface area (Å²) < 4.78 is 18.3. The van der Waals surface area contributed by atoms with Crippen LogP contribution >= 0.6 is 0 Å². The highest BCUT2D eigenvalue weighted by molar-refractivity contribution is 5.66. The van der Waals surface area contributed by atoms with Gasteiger partial charge in [-0.05, 0) is 110 Å². The van der Waals surface area contributed by atoms with Crippen LogP contribution in [0.4, 0.5) is 0 Å². The van der Waals surface area contributed by atoms with Crippen molar-refractivity contribution in [1.82, 2.24) is 0 Å². The van der Waals surface area contributed by atoms with E-state index in [4.69, 9.17) is 14.2 Å². The van der Waals surface area contributed by atoms with Crippen molar-refractivity contribution in [3.05, 3.63) is 0 Å². The third-order valence-electron chi connectivity index (χ3n) is 8.90. The molecule has 3 fully saturated rings. The van der Waals surface area contributed by atoms with Crippen molar-refractivity contribution >= 4 is 5.97 Å². The van der Waals surface area contributed by atoms with E-state index in [-0.39, 0.29) is 29.2 Å². The van der Waals surface area contributed by atoms with Crippen molar-refractivity contribution in [3.63, 3.8) is 0 Å². The number of fused-ring (bicyclic) bond motifs is 1. The molecule has 33 heavy (non-hydrogen) atoms. The van der Waals surface area contributed by atoms with E-state index in [0.717, 1.165) is 51.4 Å². The first kappa shape index (κ1) is 26.9. The third kappa shape index (κ3) is 6.52. The lowest BCUT2D eigenvalue weighted by Crippen LogP contribution is -2.43. The Morgan fingerprint density at radius 1 is 1.12 bits per heavy atom. The molecule has 1 N–H and O–H groups in total. The van der Waals surface area contributed by atoms with Gasteiger partial charge in [0.25, 0.3) is 0 Å². The molecule has 5 unspecified atom stereocenters. The zero-order valence-electron chi connectivity index (χ0n) is 22.5. The molecular formula is C28H50O5. The lowest BCUT2D eigenvalue weighted by molar-refractivity contribution is -0.158. The van der Waals surface area contributed by atoms with Crippen LogP contribution in [0.15, 0.2) is 0 Å². The van der Waals surface area contributed by atoms with Crippen molar-refractivity contribution in [2.75, 3.05) is 0 Å². The van der Waals surface area contributed by atoms with Crippen LogP contribution in [0.2, 0.25) is 0 Å². The maximum Gasteiger partial charge on any atom is 0.302 e. The lowest BCUT2D eigenvalue weighted by Gasteiger charge is -2.47. The largest absolute Gasteiger partial charge is 0.462 e. The second kappa shape index (κ2) is 9.78. The summed E-state index contributed by atoms with van der Waals surface area (Å²) in [6.45, 7) is 16.1. The monoisotopic (exact) mass is 466 g/mol. The van der Waals surface area contributed by atoms with Gasteiger partial charge in [0.2, 0.25) is 0 Å². The van der Waals surface area contributed by atoms with E-state index < -0.39 is 11.4 Å². The second-order valence-corrected chi connectivity index (χ2v) is 13.1. The van der Waals surface area contributed by atoms with Crippen LogP contribution in [0.25, 0.3) is 0 Å². The number of esters is 1. The van der Waals surface area contributed by atoms with Crippen molar-refractivity contribution in [3.8, 4) is 0 Å². The molecule has 0 spiro atoms. The second-order valence-electron chi connectivity index (χ2n) is 13.1. The molecule has 5 heteroatoms. The SMILES string of the molecule is CC(=O)OC1CCC[C@]2(C)C(C(CCCC(C)(C)O)CCC3OC(C)(C)OC3(C)C)CCC12. The molecule has 0 amide bonds. The molecule has 1 aliphatic heterocycles. The first-order valence-corrected chi connectivity index (χ1v) is 13.4. The Bertz CT molecular complexity index is 678. The first-order chi connectivity index (χ1) is 15.1. The van der Waals surface area contributed by atoms with Crippen LogP contribution in [0, 0.1) is 23.2 Å². The lowest BCUT2D eigenvalue weighted by atomic mass is 9.60. The van der Waals surface area contributed by atoms with Gasteiger partial charge in [0.15, 0.2) is 5.79 Å². The van der Waals surface area contributed by atoms with Crippen molar-refractivity contribution in [1.29, 1.82) is 0 Å². The van der Waals surface area contributed by atoms with E-state index in [1.807, 2.05) is 27.7 Å². The average molecular weight is 467 g/mol. The van der Waals surface area contributed by atoms with Gasteiger partial charge in [0.05, 0.1) is 17.3 Å². The Morgan fingerprint density at radius 2 is 1.82 bits per heavy atom. The first-order valence-electron chi connectivity index (χ1n) is 13.4. The van der Waals surface area contributed by atoms with Gasteiger partial charge in [0, 0.05) is 12.8 Å². The van der Waals surface area contributed by atoms with Gasteiger partial charge < -0.3 is 19.3 Å². The zero-order chi connectivity index (χ0) is 24.7. The van der Waals surface area contributed by atoms with Crippen LogP contribution < -0.4 is 0 Å². The van der Waals surface area contributed by atoms with Gasteiger partial charge in [-0.2, -0.15) is 0 Å². The number of carbonyl (C=O) groups is 1. The standard InChI is InChI=1S/C28H50O5/c1-19(29)31-23-12-10-18-28(8)21(14-15-22(23)28)20(11-9-17-25(2,3)30)13-16-24-26(4,5)33-27(6,7)32-24/h20-24,30H,9-18H2,1-8H3/t20?,21?,22?,23?,24?,28-/m1/s1. The number of aliphatic hydroxyl groups is 1. The fourth-order valence-electron chi connectivity index (χ4n) is 7.61. The summed E-state index contributed by atoms with van der Waals surface area (Å²) in [7, 11) is 0. The van der Waals surface area contributed by atoms with Gasteiger partial charge >= 0.3 is 5.97 Å². The number of rotatable bonds is 9. The quantitative estimate of drug-likeness (QED) is 0.398. The van der Waals surface area contributed by atoms with Gasteiger partial charge in [-0.25, -0.2) is 0 Å². The number of ether oxygens (including phenoxy) is 3. The molecular weight excluding hydrogens is 416 g/mol. The molecule has 192 valence electrons. The van der Waals surface area contributed by atoms with E-state index in [9.17, 15) is 9.90 Å². The minimum absolute atomic E-state index is 0.0783. The Morgan fingerprint density at radius 3 is 2.39 bits per heavy atom. The molecule has 5 nitrogen and oxygen atoms in total. The fraction of sp³-hybridized carbons (Fsp3) is 0.964. The Labute approximate surface area is 202 Å².